The van der Waals surface area contributed by atoms with Gasteiger partial charge in [-0.05, 0) is 40.4 Å². The van der Waals surface area contributed by atoms with Crippen molar-refractivity contribution in [2.45, 2.75) is 26.7 Å². The molecule has 0 bridgehead atoms. The molecular weight excluding hydrogens is 298 g/mol. The van der Waals surface area contributed by atoms with Gasteiger partial charge in [0.25, 0.3) is 0 Å². The Labute approximate surface area is 117 Å². The van der Waals surface area contributed by atoms with Gasteiger partial charge in [0.2, 0.25) is 0 Å². The highest BCUT2D eigenvalue weighted by molar-refractivity contribution is 9.10. The molecule has 0 aliphatic carbocycles. The van der Waals surface area contributed by atoms with Crippen molar-refractivity contribution >= 4 is 33.1 Å². The van der Waals surface area contributed by atoms with Gasteiger partial charge in [0.1, 0.15) is 10.7 Å². The van der Waals surface area contributed by atoms with Crippen molar-refractivity contribution in [3.8, 4) is 5.75 Å². The molecule has 0 saturated heterocycles. The molecule has 0 amide bonds. The van der Waals surface area contributed by atoms with Crippen LogP contribution in [0.4, 0.5) is 0 Å². The van der Waals surface area contributed by atoms with E-state index in [1.807, 2.05) is 18.2 Å². The lowest BCUT2D eigenvalue weighted by atomic mass is 10.1. The van der Waals surface area contributed by atoms with Crippen LogP contribution in [0, 0.1) is 5.92 Å². The van der Waals surface area contributed by atoms with Crippen LogP contribution in [0.2, 0.25) is 0 Å². The first kappa shape index (κ1) is 14.5. The molecule has 4 heteroatoms. The SMILES string of the molecule is CCCC(C)COc1cccc(Br)c1C(N)=S. The predicted octanol–water partition coefficient (Wildman–Crippen LogP) is 3.90. The number of thiocarbonyl (C=S) groups is 1. The van der Waals surface area contributed by atoms with Crippen LogP contribution in [0.1, 0.15) is 32.3 Å². The second-order valence-corrected chi connectivity index (χ2v) is 5.48. The fraction of sp³-hybridized carbons (Fsp3) is 0.462. The minimum absolute atomic E-state index is 0.357. The van der Waals surface area contributed by atoms with Gasteiger partial charge in [-0.2, -0.15) is 0 Å². The maximum Gasteiger partial charge on any atom is 0.130 e. The largest absolute Gasteiger partial charge is 0.493 e. The Bertz CT molecular complexity index is 395. The van der Waals surface area contributed by atoms with Gasteiger partial charge in [-0.3, -0.25) is 0 Å². The first-order valence-electron chi connectivity index (χ1n) is 5.77. The summed E-state index contributed by atoms with van der Waals surface area (Å²) in [7, 11) is 0. The Kier molecular flexibility index (Phi) is 5.92. The number of benzene rings is 1. The van der Waals surface area contributed by atoms with E-state index in [0.717, 1.165) is 22.2 Å². The molecule has 2 N–H and O–H groups in total. The van der Waals surface area contributed by atoms with Crippen molar-refractivity contribution in [1.82, 2.24) is 0 Å². The van der Waals surface area contributed by atoms with E-state index in [9.17, 15) is 0 Å². The van der Waals surface area contributed by atoms with Crippen molar-refractivity contribution in [1.29, 1.82) is 0 Å². The van der Waals surface area contributed by atoms with Gasteiger partial charge < -0.3 is 10.5 Å². The first-order chi connectivity index (χ1) is 8.06. The molecule has 1 atom stereocenters. The van der Waals surface area contributed by atoms with Crippen molar-refractivity contribution in [3.63, 3.8) is 0 Å². The molecule has 1 aromatic carbocycles. The molecule has 0 aromatic heterocycles. The zero-order valence-electron chi connectivity index (χ0n) is 10.2. The summed E-state index contributed by atoms with van der Waals surface area (Å²) in [5.74, 6) is 1.30. The fourth-order valence-electron chi connectivity index (χ4n) is 1.67. The average Bonchev–Trinajstić information content (AvgIpc) is 2.26. The van der Waals surface area contributed by atoms with Crippen LogP contribution >= 0.6 is 28.1 Å². The first-order valence-corrected chi connectivity index (χ1v) is 6.97. The molecule has 0 fully saturated rings. The number of hydrogen-bond donors (Lipinski definition) is 1. The molecule has 0 spiro atoms. The number of nitrogens with two attached hydrogens (primary N) is 1. The fourth-order valence-corrected chi connectivity index (χ4v) is 2.58. The average molecular weight is 316 g/mol. The Morgan fingerprint density at radius 1 is 1.53 bits per heavy atom. The van der Waals surface area contributed by atoms with Gasteiger partial charge in [-0.15, -0.1) is 0 Å². The molecule has 0 saturated carbocycles. The summed E-state index contributed by atoms with van der Waals surface area (Å²) in [4.78, 5) is 0.357. The summed E-state index contributed by atoms with van der Waals surface area (Å²) in [6.07, 6.45) is 2.33. The van der Waals surface area contributed by atoms with Crippen LogP contribution in [0.5, 0.6) is 5.75 Å². The molecule has 0 aliphatic rings. The van der Waals surface area contributed by atoms with Crippen LogP contribution in [-0.4, -0.2) is 11.6 Å². The second kappa shape index (κ2) is 6.97. The Hall–Kier alpha value is -0.610. The van der Waals surface area contributed by atoms with Crippen molar-refractivity contribution in [2.24, 2.45) is 11.7 Å². The number of hydrogen-bond acceptors (Lipinski definition) is 2. The highest BCUT2D eigenvalue weighted by Gasteiger charge is 2.11. The van der Waals surface area contributed by atoms with Gasteiger partial charge in [-0.1, -0.05) is 38.6 Å². The zero-order valence-corrected chi connectivity index (χ0v) is 12.6. The van der Waals surface area contributed by atoms with Gasteiger partial charge in [0.05, 0.1) is 12.2 Å². The molecule has 0 radical (unpaired) electrons. The summed E-state index contributed by atoms with van der Waals surface area (Å²) >= 11 is 8.47. The number of halogens is 1. The third kappa shape index (κ3) is 4.28. The van der Waals surface area contributed by atoms with Crippen LogP contribution < -0.4 is 10.5 Å². The molecule has 2 nitrogen and oxygen atoms in total. The van der Waals surface area contributed by atoms with E-state index in [1.54, 1.807) is 0 Å². The molecule has 94 valence electrons. The second-order valence-electron chi connectivity index (χ2n) is 4.18. The lowest BCUT2D eigenvalue weighted by Crippen LogP contribution is -2.15. The van der Waals surface area contributed by atoms with Crippen LogP contribution in [-0.2, 0) is 0 Å². The van der Waals surface area contributed by atoms with E-state index in [-0.39, 0.29) is 0 Å². The van der Waals surface area contributed by atoms with Gasteiger partial charge in [0.15, 0.2) is 0 Å². The maximum atomic E-state index is 5.80. The molecule has 0 aliphatic heterocycles. The van der Waals surface area contributed by atoms with Crippen LogP contribution in [0.15, 0.2) is 22.7 Å². The van der Waals surface area contributed by atoms with Crippen molar-refractivity contribution < 1.29 is 4.74 Å². The summed E-state index contributed by atoms with van der Waals surface area (Å²) in [5.41, 5.74) is 6.49. The minimum Gasteiger partial charge on any atom is -0.493 e. The highest BCUT2D eigenvalue weighted by Crippen LogP contribution is 2.27. The summed E-state index contributed by atoms with van der Waals surface area (Å²) in [6.45, 7) is 5.05. The third-order valence-electron chi connectivity index (χ3n) is 2.53. The summed E-state index contributed by atoms with van der Waals surface area (Å²) < 4.78 is 6.68. The van der Waals surface area contributed by atoms with Gasteiger partial charge in [0, 0.05) is 4.47 Å². The standard InChI is InChI=1S/C13H18BrNOS/c1-3-5-9(2)8-16-11-7-4-6-10(14)12(11)13(15)17/h4,6-7,9H,3,5,8H2,1-2H3,(H2,15,17). The smallest absolute Gasteiger partial charge is 0.130 e. The predicted molar refractivity (Wildman–Crippen MR) is 79.6 cm³/mol. The van der Waals surface area contributed by atoms with Gasteiger partial charge >= 0.3 is 0 Å². The van der Waals surface area contributed by atoms with E-state index in [4.69, 9.17) is 22.7 Å². The monoisotopic (exact) mass is 315 g/mol. The Morgan fingerprint density at radius 2 is 2.24 bits per heavy atom. The lowest BCUT2D eigenvalue weighted by Gasteiger charge is -2.15. The summed E-state index contributed by atoms with van der Waals surface area (Å²) in [5, 5.41) is 0. The van der Waals surface area contributed by atoms with Crippen LogP contribution in [0.3, 0.4) is 0 Å². The molecule has 0 heterocycles. The molecule has 1 rings (SSSR count). The zero-order chi connectivity index (χ0) is 12.8. The third-order valence-corrected chi connectivity index (χ3v) is 3.39. The minimum atomic E-state index is 0.357. The quantitative estimate of drug-likeness (QED) is 0.809. The van der Waals surface area contributed by atoms with E-state index in [1.165, 1.54) is 6.42 Å². The molecular formula is C13H18BrNOS. The molecule has 17 heavy (non-hydrogen) atoms. The molecule has 1 unspecified atom stereocenters. The highest BCUT2D eigenvalue weighted by atomic mass is 79.9. The van der Waals surface area contributed by atoms with E-state index in [0.29, 0.717) is 17.5 Å². The van der Waals surface area contributed by atoms with E-state index < -0.39 is 0 Å². The van der Waals surface area contributed by atoms with Crippen LogP contribution in [0.25, 0.3) is 0 Å². The topological polar surface area (TPSA) is 35.2 Å². The number of ether oxygens (including phenoxy) is 1. The normalized spacial score (nSPS) is 12.2. The molecule has 1 aromatic rings. The Balaban J connectivity index is 2.77. The van der Waals surface area contributed by atoms with Crippen molar-refractivity contribution in [3.05, 3.63) is 28.2 Å². The van der Waals surface area contributed by atoms with Crippen molar-refractivity contribution in [2.75, 3.05) is 6.61 Å². The van der Waals surface area contributed by atoms with Gasteiger partial charge in [-0.25, -0.2) is 0 Å². The maximum absolute atomic E-state index is 5.80. The lowest BCUT2D eigenvalue weighted by molar-refractivity contribution is 0.251. The van der Waals surface area contributed by atoms with E-state index >= 15 is 0 Å². The van der Waals surface area contributed by atoms with E-state index in [2.05, 4.69) is 29.8 Å². The Morgan fingerprint density at radius 3 is 2.82 bits per heavy atom. The number of rotatable bonds is 6. The summed E-state index contributed by atoms with van der Waals surface area (Å²) in [6, 6.07) is 5.74.